The van der Waals surface area contributed by atoms with E-state index in [-0.39, 0.29) is 6.61 Å². The average Bonchev–Trinajstić information content (AvgIpc) is 2.33. The first kappa shape index (κ1) is 17.9. The first-order valence-electron chi connectivity index (χ1n) is 7.66. The minimum Gasteiger partial charge on any atom is -0.396 e. The van der Waals surface area contributed by atoms with Crippen molar-refractivity contribution < 1.29 is 10.2 Å². The van der Waals surface area contributed by atoms with Crippen LogP contribution in [0, 0.1) is 0 Å². The summed E-state index contributed by atoms with van der Waals surface area (Å²) in [6.45, 7) is 2.88. The lowest BCUT2D eigenvalue weighted by Crippen LogP contribution is -2.40. The van der Waals surface area contributed by atoms with Crippen molar-refractivity contribution in [2.75, 3.05) is 20.2 Å². The van der Waals surface area contributed by atoms with Gasteiger partial charge in [-0.2, -0.15) is 0 Å². The van der Waals surface area contributed by atoms with Crippen LogP contribution in [0.15, 0.2) is 0 Å². The Hall–Kier alpha value is -0.120. The third-order valence-corrected chi connectivity index (χ3v) is 3.58. The SMILES string of the molecule is CCCCCCCCCCC(O)(CCO)CNC. The van der Waals surface area contributed by atoms with Gasteiger partial charge in [0.2, 0.25) is 0 Å². The monoisotopic (exact) mass is 259 g/mol. The molecule has 0 aromatic carbocycles. The van der Waals surface area contributed by atoms with Crippen molar-refractivity contribution in [3.8, 4) is 0 Å². The number of aliphatic hydroxyl groups excluding tert-OH is 1. The number of hydrogen-bond acceptors (Lipinski definition) is 3. The fourth-order valence-corrected chi connectivity index (χ4v) is 2.43. The van der Waals surface area contributed by atoms with Crippen LogP contribution in [0.1, 0.15) is 71.1 Å². The predicted octanol–water partition coefficient (Wildman–Crippen LogP) is 2.85. The Kier molecular flexibility index (Phi) is 11.9. The molecule has 0 rings (SSSR count). The van der Waals surface area contributed by atoms with Crippen molar-refractivity contribution in [2.45, 2.75) is 76.7 Å². The summed E-state index contributed by atoms with van der Waals surface area (Å²) in [4.78, 5) is 0. The second kappa shape index (κ2) is 11.9. The minimum absolute atomic E-state index is 0.0647. The lowest BCUT2D eigenvalue weighted by Gasteiger charge is -2.27. The number of aliphatic hydroxyl groups is 2. The van der Waals surface area contributed by atoms with Crippen molar-refractivity contribution in [3.63, 3.8) is 0 Å². The molecule has 0 fully saturated rings. The normalized spacial score (nSPS) is 14.7. The molecule has 3 nitrogen and oxygen atoms in total. The van der Waals surface area contributed by atoms with Gasteiger partial charge in [0.15, 0.2) is 0 Å². The molecule has 0 saturated carbocycles. The van der Waals surface area contributed by atoms with E-state index in [2.05, 4.69) is 12.2 Å². The number of unbranched alkanes of at least 4 members (excludes halogenated alkanes) is 7. The van der Waals surface area contributed by atoms with Gasteiger partial charge in [-0.25, -0.2) is 0 Å². The fourth-order valence-electron chi connectivity index (χ4n) is 2.43. The summed E-state index contributed by atoms with van der Waals surface area (Å²) in [6.07, 6.45) is 11.5. The molecule has 0 heterocycles. The number of likely N-dealkylation sites (N-methyl/N-ethyl adjacent to an activating group) is 1. The highest BCUT2D eigenvalue weighted by Crippen LogP contribution is 2.19. The van der Waals surface area contributed by atoms with E-state index in [4.69, 9.17) is 5.11 Å². The molecule has 3 heteroatoms. The molecule has 1 unspecified atom stereocenters. The summed E-state index contributed by atoms with van der Waals surface area (Å²) in [6, 6.07) is 0. The van der Waals surface area contributed by atoms with E-state index in [1.54, 1.807) is 0 Å². The maximum atomic E-state index is 10.3. The maximum absolute atomic E-state index is 10.3. The highest BCUT2D eigenvalue weighted by Gasteiger charge is 2.24. The Labute approximate surface area is 113 Å². The topological polar surface area (TPSA) is 52.5 Å². The second-order valence-electron chi connectivity index (χ2n) is 5.45. The Morgan fingerprint density at radius 1 is 0.889 bits per heavy atom. The van der Waals surface area contributed by atoms with Gasteiger partial charge in [0.1, 0.15) is 0 Å². The van der Waals surface area contributed by atoms with Gasteiger partial charge in [-0.3, -0.25) is 0 Å². The van der Waals surface area contributed by atoms with Crippen LogP contribution < -0.4 is 5.32 Å². The molecule has 0 radical (unpaired) electrons. The fraction of sp³-hybridized carbons (Fsp3) is 1.00. The summed E-state index contributed by atoms with van der Waals surface area (Å²) in [7, 11) is 1.84. The molecule has 3 N–H and O–H groups in total. The van der Waals surface area contributed by atoms with Gasteiger partial charge < -0.3 is 15.5 Å². The van der Waals surface area contributed by atoms with Crippen LogP contribution in [-0.2, 0) is 0 Å². The Morgan fingerprint density at radius 2 is 1.44 bits per heavy atom. The zero-order chi connectivity index (χ0) is 13.7. The van der Waals surface area contributed by atoms with E-state index in [1.165, 1.54) is 44.9 Å². The first-order valence-corrected chi connectivity index (χ1v) is 7.66. The van der Waals surface area contributed by atoms with Crippen LogP contribution in [-0.4, -0.2) is 36.0 Å². The van der Waals surface area contributed by atoms with Crippen molar-refractivity contribution in [1.82, 2.24) is 5.32 Å². The van der Waals surface area contributed by atoms with Crippen LogP contribution in [0.5, 0.6) is 0 Å². The Bertz CT molecular complexity index is 168. The summed E-state index contributed by atoms with van der Waals surface area (Å²) >= 11 is 0. The average molecular weight is 259 g/mol. The highest BCUT2D eigenvalue weighted by atomic mass is 16.3. The van der Waals surface area contributed by atoms with Crippen molar-refractivity contribution in [1.29, 1.82) is 0 Å². The van der Waals surface area contributed by atoms with Gasteiger partial charge in [0.25, 0.3) is 0 Å². The molecular weight excluding hydrogens is 226 g/mol. The molecule has 0 saturated heterocycles. The van der Waals surface area contributed by atoms with Gasteiger partial charge in [0.05, 0.1) is 5.60 Å². The largest absolute Gasteiger partial charge is 0.396 e. The molecule has 110 valence electrons. The van der Waals surface area contributed by atoms with Gasteiger partial charge in [-0.15, -0.1) is 0 Å². The van der Waals surface area contributed by atoms with E-state index >= 15 is 0 Å². The first-order chi connectivity index (χ1) is 8.68. The molecule has 18 heavy (non-hydrogen) atoms. The summed E-state index contributed by atoms with van der Waals surface area (Å²) in [5.74, 6) is 0. The van der Waals surface area contributed by atoms with Crippen molar-refractivity contribution in [3.05, 3.63) is 0 Å². The van der Waals surface area contributed by atoms with E-state index < -0.39 is 5.60 Å². The molecule has 0 aliphatic heterocycles. The van der Waals surface area contributed by atoms with Crippen molar-refractivity contribution in [2.24, 2.45) is 0 Å². The molecule has 0 aliphatic carbocycles. The van der Waals surface area contributed by atoms with Crippen molar-refractivity contribution >= 4 is 0 Å². The third kappa shape index (κ3) is 9.86. The molecule has 0 aliphatic rings. The van der Waals surface area contributed by atoms with Gasteiger partial charge in [-0.05, 0) is 13.5 Å². The molecule has 1 atom stereocenters. The molecular formula is C15H33NO2. The number of nitrogens with one attached hydrogen (secondary N) is 1. The maximum Gasteiger partial charge on any atom is 0.0793 e. The predicted molar refractivity (Wildman–Crippen MR) is 77.8 cm³/mol. The number of rotatable bonds is 13. The molecule has 0 spiro atoms. The van der Waals surface area contributed by atoms with E-state index in [0.29, 0.717) is 13.0 Å². The zero-order valence-corrected chi connectivity index (χ0v) is 12.4. The number of hydrogen-bond donors (Lipinski definition) is 3. The van der Waals surface area contributed by atoms with Crippen LogP contribution in [0.3, 0.4) is 0 Å². The molecule has 0 bridgehead atoms. The Morgan fingerprint density at radius 3 is 1.94 bits per heavy atom. The summed E-state index contributed by atoms with van der Waals surface area (Å²) < 4.78 is 0. The lowest BCUT2D eigenvalue weighted by atomic mass is 9.92. The molecule has 0 aromatic heterocycles. The summed E-state index contributed by atoms with van der Waals surface area (Å²) in [5, 5.41) is 22.2. The standard InChI is InChI=1S/C15H33NO2/c1-3-4-5-6-7-8-9-10-11-15(18,12-13-17)14-16-2/h16-18H,3-14H2,1-2H3. The van der Waals surface area contributed by atoms with Crippen LogP contribution in [0.4, 0.5) is 0 Å². The van der Waals surface area contributed by atoms with Gasteiger partial charge in [0, 0.05) is 19.6 Å². The lowest BCUT2D eigenvalue weighted by molar-refractivity contribution is 0.00790. The third-order valence-electron chi connectivity index (χ3n) is 3.58. The van der Waals surface area contributed by atoms with E-state index in [9.17, 15) is 5.11 Å². The second-order valence-corrected chi connectivity index (χ2v) is 5.45. The smallest absolute Gasteiger partial charge is 0.0793 e. The van der Waals surface area contributed by atoms with Crippen LogP contribution in [0.2, 0.25) is 0 Å². The zero-order valence-electron chi connectivity index (χ0n) is 12.4. The van der Waals surface area contributed by atoms with E-state index in [1.807, 2.05) is 7.05 Å². The van der Waals surface area contributed by atoms with Gasteiger partial charge in [-0.1, -0.05) is 58.3 Å². The minimum atomic E-state index is -0.717. The summed E-state index contributed by atoms with van der Waals surface area (Å²) in [5.41, 5.74) is -0.717. The highest BCUT2D eigenvalue weighted by molar-refractivity contribution is 4.80. The van der Waals surface area contributed by atoms with Crippen LogP contribution in [0.25, 0.3) is 0 Å². The quantitative estimate of drug-likeness (QED) is 0.446. The molecule has 0 amide bonds. The van der Waals surface area contributed by atoms with Crippen LogP contribution >= 0.6 is 0 Å². The van der Waals surface area contributed by atoms with E-state index in [0.717, 1.165) is 12.8 Å². The Balaban J connectivity index is 3.49. The van der Waals surface area contributed by atoms with Gasteiger partial charge >= 0.3 is 0 Å². The molecule has 0 aromatic rings.